The topological polar surface area (TPSA) is 59.4 Å². The van der Waals surface area contributed by atoms with Crippen LogP contribution in [-0.2, 0) is 4.74 Å². The number of methoxy groups -OCH3 is 1. The monoisotopic (exact) mass is 546 g/mol. The second-order valence-corrected chi connectivity index (χ2v) is 9.52. The van der Waals surface area contributed by atoms with Gasteiger partial charge >= 0.3 is 5.97 Å². The third kappa shape index (κ3) is 4.35. The quantitative estimate of drug-likeness (QED) is 0.248. The van der Waals surface area contributed by atoms with Crippen LogP contribution in [0.5, 0.6) is 0 Å². The zero-order chi connectivity index (χ0) is 24.5. The van der Waals surface area contributed by atoms with E-state index >= 15 is 0 Å². The van der Waals surface area contributed by atoms with Gasteiger partial charge in [-0.1, -0.05) is 28.1 Å². The van der Waals surface area contributed by atoms with Gasteiger partial charge in [0.05, 0.1) is 24.4 Å². The van der Waals surface area contributed by atoms with Crippen molar-refractivity contribution >= 4 is 44.9 Å². The number of nitrogens with zero attached hydrogens (tertiary/aromatic N) is 3. The molecule has 1 N–H and O–H groups in total. The van der Waals surface area contributed by atoms with E-state index in [4.69, 9.17) is 17.0 Å². The highest BCUT2D eigenvalue weighted by molar-refractivity contribution is 9.10. The minimum absolute atomic E-state index is 0.176. The summed E-state index contributed by atoms with van der Waals surface area (Å²) in [6.07, 6.45) is 3.79. The number of anilines is 1. The maximum absolute atomic E-state index is 12.2. The number of nitrogens with one attached hydrogen (secondary N) is 1. The Kier molecular flexibility index (Phi) is 6.40. The first kappa shape index (κ1) is 23.3. The highest BCUT2D eigenvalue weighted by Crippen LogP contribution is 2.42. The van der Waals surface area contributed by atoms with Crippen LogP contribution in [0.1, 0.15) is 39.4 Å². The molecule has 176 valence electrons. The summed E-state index contributed by atoms with van der Waals surface area (Å²) in [4.78, 5) is 19.0. The van der Waals surface area contributed by atoms with Gasteiger partial charge in [-0.05, 0) is 85.4 Å². The van der Waals surface area contributed by atoms with Crippen LogP contribution in [0.15, 0.2) is 89.7 Å². The Bertz CT molecular complexity index is 1410. The summed E-state index contributed by atoms with van der Waals surface area (Å²) in [6.45, 7) is 2.06. The fourth-order valence-corrected chi connectivity index (χ4v) is 5.08. The molecule has 0 saturated carbocycles. The van der Waals surface area contributed by atoms with Gasteiger partial charge in [0.15, 0.2) is 5.11 Å². The van der Waals surface area contributed by atoms with Gasteiger partial charge in [0.2, 0.25) is 0 Å². The van der Waals surface area contributed by atoms with Gasteiger partial charge in [-0.2, -0.15) is 0 Å². The van der Waals surface area contributed by atoms with Crippen LogP contribution < -0.4 is 10.2 Å². The lowest BCUT2D eigenvalue weighted by Crippen LogP contribution is -2.30. The molecule has 2 aromatic heterocycles. The number of hydrogen-bond acceptors (Lipinski definition) is 4. The Morgan fingerprint density at radius 1 is 1.06 bits per heavy atom. The molecule has 3 heterocycles. The zero-order valence-electron chi connectivity index (χ0n) is 19.2. The number of carbonyl (C=O) groups excluding carboxylic acids is 1. The SMILES string of the molecule is COC(=O)c1cccc(-n2cccc2[C@@H]2[C@H](c3ccccn3)NC(=S)N2c2ccc(Br)c(C)c2)c1. The predicted octanol–water partition coefficient (Wildman–Crippen LogP) is 5.91. The number of pyridine rings is 1. The number of hydrogen-bond donors (Lipinski definition) is 1. The van der Waals surface area contributed by atoms with E-state index < -0.39 is 0 Å². The van der Waals surface area contributed by atoms with E-state index in [0.717, 1.165) is 32.8 Å². The molecule has 1 aliphatic rings. The van der Waals surface area contributed by atoms with Crippen LogP contribution >= 0.6 is 28.1 Å². The number of carbonyl (C=O) groups is 1. The summed E-state index contributed by atoms with van der Waals surface area (Å²) in [5.74, 6) is -0.373. The lowest BCUT2D eigenvalue weighted by molar-refractivity contribution is 0.0600. The number of aromatic nitrogens is 2. The van der Waals surface area contributed by atoms with Gasteiger partial charge in [0.1, 0.15) is 6.04 Å². The number of thiocarbonyl (C=S) groups is 1. The van der Waals surface area contributed by atoms with E-state index in [9.17, 15) is 4.79 Å². The first-order valence-corrected chi connectivity index (χ1v) is 12.3. The van der Waals surface area contributed by atoms with Gasteiger partial charge in [-0.15, -0.1) is 0 Å². The third-order valence-corrected chi connectivity index (χ3v) is 7.35. The molecule has 1 fully saturated rings. The summed E-state index contributed by atoms with van der Waals surface area (Å²) in [7, 11) is 1.39. The lowest BCUT2D eigenvalue weighted by atomic mass is 10.0. The van der Waals surface area contributed by atoms with E-state index in [-0.39, 0.29) is 18.1 Å². The molecule has 0 bridgehead atoms. The van der Waals surface area contributed by atoms with Crippen LogP contribution in [-0.4, -0.2) is 27.7 Å². The lowest BCUT2D eigenvalue weighted by Gasteiger charge is -2.29. The molecular weight excluding hydrogens is 524 g/mol. The average Bonchev–Trinajstić information content (AvgIpc) is 3.50. The number of ether oxygens (including phenoxy) is 1. The Labute approximate surface area is 217 Å². The van der Waals surface area contributed by atoms with Crippen LogP contribution in [0, 0.1) is 6.92 Å². The molecule has 2 atom stereocenters. The molecule has 6 nitrogen and oxygen atoms in total. The van der Waals surface area contributed by atoms with Gasteiger partial charge in [-0.25, -0.2) is 4.79 Å². The molecule has 2 aromatic carbocycles. The van der Waals surface area contributed by atoms with E-state index in [1.165, 1.54) is 7.11 Å². The van der Waals surface area contributed by atoms with Crippen LogP contribution in [0.25, 0.3) is 5.69 Å². The Morgan fingerprint density at radius 3 is 2.66 bits per heavy atom. The van der Waals surface area contributed by atoms with Crippen molar-refractivity contribution in [3.8, 4) is 5.69 Å². The minimum atomic E-state index is -0.373. The van der Waals surface area contributed by atoms with Gasteiger partial charge < -0.3 is 19.5 Å². The highest BCUT2D eigenvalue weighted by atomic mass is 79.9. The van der Waals surface area contributed by atoms with Gasteiger partial charge in [0, 0.05) is 33.9 Å². The van der Waals surface area contributed by atoms with E-state index in [1.807, 2.05) is 54.7 Å². The molecule has 1 aliphatic heterocycles. The molecular formula is C27H23BrN4O2S. The molecule has 0 amide bonds. The fourth-order valence-electron chi connectivity index (χ4n) is 4.48. The number of benzene rings is 2. The normalized spacial score (nSPS) is 17.3. The van der Waals surface area contributed by atoms with Crippen LogP contribution in [0.4, 0.5) is 5.69 Å². The smallest absolute Gasteiger partial charge is 0.337 e. The molecule has 4 aromatic rings. The van der Waals surface area contributed by atoms with Crippen molar-refractivity contribution in [1.82, 2.24) is 14.9 Å². The first-order valence-electron chi connectivity index (χ1n) is 11.1. The highest BCUT2D eigenvalue weighted by Gasteiger charge is 2.42. The third-order valence-electron chi connectivity index (χ3n) is 6.15. The number of halogens is 1. The number of aryl methyl sites for hydroxylation is 1. The summed E-state index contributed by atoms with van der Waals surface area (Å²) >= 11 is 9.47. The van der Waals surface area contributed by atoms with Crippen molar-refractivity contribution in [2.75, 3.05) is 12.0 Å². The zero-order valence-corrected chi connectivity index (χ0v) is 21.6. The van der Waals surface area contributed by atoms with E-state index in [0.29, 0.717) is 10.7 Å². The molecule has 1 saturated heterocycles. The Hall–Kier alpha value is -3.49. The maximum Gasteiger partial charge on any atom is 0.337 e. The van der Waals surface area contributed by atoms with Gasteiger partial charge in [0.25, 0.3) is 0 Å². The summed E-state index contributed by atoms with van der Waals surface area (Å²) in [5, 5.41) is 4.13. The number of rotatable bonds is 5. The Balaban J connectivity index is 1.66. The van der Waals surface area contributed by atoms with Crippen LogP contribution in [0.2, 0.25) is 0 Å². The largest absolute Gasteiger partial charge is 0.465 e. The second-order valence-electron chi connectivity index (χ2n) is 8.28. The summed E-state index contributed by atoms with van der Waals surface area (Å²) in [6, 6.07) is 23.3. The van der Waals surface area contributed by atoms with E-state index in [2.05, 4.69) is 60.8 Å². The molecule has 0 aliphatic carbocycles. The molecule has 0 spiro atoms. The van der Waals surface area contributed by atoms with E-state index in [1.54, 1.807) is 12.3 Å². The molecule has 0 radical (unpaired) electrons. The van der Waals surface area contributed by atoms with Crippen molar-refractivity contribution in [2.45, 2.75) is 19.0 Å². The molecule has 0 unspecified atom stereocenters. The van der Waals surface area contributed by atoms with Crippen molar-refractivity contribution < 1.29 is 9.53 Å². The van der Waals surface area contributed by atoms with Crippen molar-refractivity contribution in [3.05, 3.63) is 112 Å². The predicted molar refractivity (Wildman–Crippen MR) is 144 cm³/mol. The standard InChI is InChI=1S/C27H23BrN4O2S/c1-17-15-20(11-12-21(17)28)32-25(24(30-27(32)35)22-9-3-4-13-29-22)23-10-6-14-31(23)19-8-5-7-18(16-19)26(33)34-2/h3-16,24-25H,1-2H3,(H,30,35)/t24-,25+/m0/s1. The minimum Gasteiger partial charge on any atom is -0.465 e. The molecule has 35 heavy (non-hydrogen) atoms. The van der Waals surface area contributed by atoms with Crippen molar-refractivity contribution in [2.24, 2.45) is 0 Å². The fraction of sp³-hybridized carbons (Fsp3) is 0.148. The maximum atomic E-state index is 12.2. The van der Waals surface area contributed by atoms with Gasteiger partial charge in [-0.3, -0.25) is 4.98 Å². The average molecular weight is 547 g/mol. The van der Waals surface area contributed by atoms with Crippen molar-refractivity contribution in [3.63, 3.8) is 0 Å². The Morgan fingerprint density at radius 2 is 1.91 bits per heavy atom. The number of esters is 1. The second kappa shape index (κ2) is 9.64. The summed E-state index contributed by atoms with van der Waals surface area (Å²) in [5.41, 5.74) is 5.36. The molecule has 8 heteroatoms. The molecule has 5 rings (SSSR count). The summed E-state index contributed by atoms with van der Waals surface area (Å²) < 4.78 is 8.05. The van der Waals surface area contributed by atoms with Crippen molar-refractivity contribution in [1.29, 1.82) is 0 Å². The van der Waals surface area contributed by atoms with Crippen LogP contribution in [0.3, 0.4) is 0 Å². The first-order chi connectivity index (χ1) is 17.0.